The van der Waals surface area contributed by atoms with Crippen molar-refractivity contribution in [1.29, 1.82) is 0 Å². The first-order valence-corrected chi connectivity index (χ1v) is 9.88. The summed E-state index contributed by atoms with van der Waals surface area (Å²) in [6.45, 7) is -0.500. The molecule has 3 aromatic rings. The smallest absolute Gasteiger partial charge is 0.363 e. The molecule has 1 N–H and O–H groups in total. The van der Waals surface area contributed by atoms with Gasteiger partial charge in [-0.2, -0.15) is 0 Å². The maximum atomic E-state index is 14.7. The lowest BCUT2D eigenvalue weighted by Crippen LogP contribution is -3.20. The van der Waals surface area contributed by atoms with Crippen LogP contribution in [-0.4, -0.2) is 25.6 Å². The topological polar surface area (TPSA) is 13.7 Å². The van der Waals surface area contributed by atoms with Crippen molar-refractivity contribution in [3.63, 3.8) is 0 Å². The highest BCUT2D eigenvalue weighted by molar-refractivity contribution is 6.60. The monoisotopic (exact) mass is 412 g/mol. The summed E-state index contributed by atoms with van der Waals surface area (Å²) in [4.78, 5) is 0.414. The minimum Gasteiger partial charge on any atom is -0.363 e. The lowest BCUT2D eigenvalue weighted by Gasteiger charge is -2.33. The number of alkyl halides is 2. The lowest BCUT2D eigenvalue weighted by molar-refractivity contribution is -0.803. The third kappa shape index (κ3) is 2.96. The number of hydrogen-bond acceptors (Lipinski definition) is 1. The van der Waals surface area contributed by atoms with Crippen molar-refractivity contribution in [2.75, 3.05) is 6.54 Å². The molecule has 2 saturated heterocycles. The Morgan fingerprint density at radius 2 is 1.47 bits per heavy atom. The zero-order valence-corrected chi connectivity index (χ0v) is 16.0. The molecule has 2 atom stereocenters. The Labute approximate surface area is 172 Å². The summed E-state index contributed by atoms with van der Waals surface area (Å²) >= 11 is 0. The molecule has 0 saturated carbocycles. The van der Waals surface area contributed by atoms with Crippen molar-refractivity contribution in [2.24, 2.45) is 0 Å². The van der Waals surface area contributed by atoms with Crippen LogP contribution in [-0.2, 0) is 10.3 Å². The van der Waals surface area contributed by atoms with Crippen LogP contribution in [0, 0.1) is 11.6 Å². The third-order valence-electron chi connectivity index (χ3n) is 6.19. The Morgan fingerprint density at radius 1 is 0.867 bits per heavy atom. The van der Waals surface area contributed by atoms with Gasteiger partial charge in [0, 0.05) is 0 Å². The van der Waals surface area contributed by atoms with Gasteiger partial charge in [0.05, 0.1) is 11.9 Å². The highest BCUT2D eigenvalue weighted by atomic mass is 19.3. The zero-order chi connectivity index (χ0) is 20.9. The van der Waals surface area contributed by atoms with Gasteiger partial charge in [-0.25, -0.2) is 17.6 Å². The average Bonchev–Trinajstić information content (AvgIpc) is 3.23. The quantitative estimate of drug-likeness (QED) is 0.516. The van der Waals surface area contributed by atoms with Crippen molar-refractivity contribution in [2.45, 2.75) is 24.0 Å². The van der Waals surface area contributed by atoms with Gasteiger partial charge in [-0.15, -0.1) is 0 Å². The molecule has 2 fully saturated rings. The maximum Gasteiger partial charge on any atom is 0.614 e. The van der Waals surface area contributed by atoms with Crippen LogP contribution >= 0.6 is 0 Å². The van der Waals surface area contributed by atoms with Crippen LogP contribution in [0.4, 0.5) is 17.6 Å². The summed E-state index contributed by atoms with van der Waals surface area (Å²) in [6.07, 6.45) is -0.403. The van der Waals surface area contributed by atoms with E-state index in [-0.39, 0.29) is 5.46 Å². The second-order valence-electron chi connectivity index (χ2n) is 8.00. The van der Waals surface area contributed by atoms with E-state index in [4.69, 9.17) is 4.65 Å². The molecule has 30 heavy (non-hydrogen) atoms. The number of rotatable bonds is 3. The summed E-state index contributed by atoms with van der Waals surface area (Å²) < 4.78 is 64.5. The lowest BCUT2D eigenvalue weighted by atomic mass is 9.71. The molecule has 0 bridgehead atoms. The molecular formula is C23H19BF4NO+. The van der Waals surface area contributed by atoms with Crippen LogP contribution < -0.4 is 10.3 Å². The third-order valence-corrected chi connectivity index (χ3v) is 6.19. The van der Waals surface area contributed by atoms with Gasteiger partial charge < -0.3 is 9.47 Å². The predicted octanol–water partition coefficient (Wildman–Crippen LogP) is 2.93. The Balaban J connectivity index is 1.74. The van der Waals surface area contributed by atoms with Crippen LogP contribution in [0.15, 0.2) is 78.9 Å². The first-order valence-electron chi connectivity index (χ1n) is 9.88. The van der Waals surface area contributed by atoms with Gasteiger partial charge >= 0.3 is 7.05 Å². The van der Waals surface area contributed by atoms with E-state index in [1.165, 1.54) is 0 Å². The molecule has 152 valence electrons. The van der Waals surface area contributed by atoms with E-state index in [2.05, 4.69) is 0 Å². The molecule has 3 aromatic carbocycles. The van der Waals surface area contributed by atoms with Gasteiger partial charge in [-0.1, -0.05) is 60.7 Å². The summed E-state index contributed by atoms with van der Waals surface area (Å²) in [5.74, 6) is -4.23. The van der Waals surface area contributed by atoms with Crippen LogP contribution in [0.1, 0.15) is 17.5 Å². The summed E-state index contributed by atoms with van der Waals surface area (Å²) in [6, 6.07) is 20.8. The largest absolute Gasteiger partial charge is 0.614 e. The zero-order valence-electron chi connectivity index (χ0n) is 16.0. The number of hydrogen-bond donors (Lipinski definition) is 1. The molecule has 2 heterocycles. The van der Waals surface area contributed by atoms with Crippen LogP contribution in [0.3, 0.4) is 0 Å². The second kappa shape index (κ2) is 6.96. The van der Waals surface area contributed by atoms with E-state index in [0.717, 1.165) is 29.3 Å². The Bertz CT molecular complexity index is 1020. The van der Waals surface area contributed by atoms with E-state index in [9.17, 15) is 17.6 Å². The van der Waals surface area contributed by atoms with Crippen LogP contribution in [0.2, 0.25) is 0 Å². The molecule has 1 unspecified atom stereocenters. The molecule has 0 amide bonds. The Kier molecular flexibility index (Phi) is 4.49. The second-order valence-corrected chi connectivity index (χ2v) is 8.00. The Morgan fingerprint density at radius 3 is 2.07 bits per heavy atom. The van der Waals surface area contributed by atoms with E-state index < -0.39 is 49.2 Å². The highest BCUT2D eigenvalue weighted by Crippen LogP contribution is 2.44. The number of benzene rings is 3. The molecule has 2 nitrogen and oxygen atoms in total. The van der Waals surface area contributed by atoms with Crippen LogP contribution in [0.25, 0.3) is 0 Å². The molecule has 0 aliphatic carbocycles. The van der Waals surface area contributed by atoms with Crippen molar-refractivity contribution < 1.29 is 27.0 Å². The summed E-state index contributed by atoms with van der Waals surface area (Å²) in [5.41, 5.74) is 0.189. The Hall–Kier alpha value is -2.64. The SMILES string of the molecule is Fc1ccc(F)c(B2OC(c3ccccc3)(c3ccccc3)[C@@H]3CC(F)(F)C[NH+]23)c1. The number of nitrogens with one attached hydrogen (secondary N) is 1. The number of halogens is 4. The fourth-order valence-electron chi connectivity index (χ4n) is 5.00. The molecule has 7 heteroatoms. The van der Waals surface area contributed by atoms with Gasteiger partial charge in [0.15, 0.2) is 5.60 Å². The molecule has 5 rings (SSSR count). The standard InChI is InChI=1S/C23H18BF4NO/c25-18-11-12-20(26)19(13-18)24-29-15-22(27,28)14-21(29)23(30-24,16-7-3-1-4-8-16)17-9-5-2-6-10-17/h1-13,21H,14-15H2/p+1/t21-/m0/s1. The predicted molar refractivity (Wildman–Crippen MR) is 106 cm³/mol. The van der Waals surface area contributed by atoms with Gasteiger partial charge in [-0.3, -0.25) is 0 Å². The van der Waals surface area contributed by atoms with Gasteiger partial charge in [0.1, 0.15) is 24.2 Å². The number of fused-ring (bicyclic) bond motifs is 1. The fraction of sp³-hybridized carbons (Fsp3) is 0.217. The van der Waals surface area contributed by atoms with E-state index in [1.54, 1.807) is 0 Å². The first-order chi connectivity index (χ1) is 14.4. The average molecular weight is 412 g/mol. The van der Waals surface area contributed by atoms with E-state index >= 15 is 0 Å². The minimum absolute atomic E-state index is 0.0403. The van der Waals surface area contributed by atoms with Crippen molar-refractivity contribution in [1.82, 2.24) is 0 Å². The van der Waals surface area contributed by atoms with Gasteiger partial charge in [0.25, 0.3) is 5.92 Å². The fourth-order valence-corrected chi connectivity index (χ4v) is 5.00. The molecule has 0 radical (unpaired) electrons. The first kappa shape index (κ1) is 19.3. The maximum absolute atomic E-state index is 14.7. The highest BCUT2D eigenvalue weighted by Gasteiger charge is 2.70. The van der Waals surface area contributed by atoms with Gasteiger partial charge in [-0.05, 0) is 29.3 Å². The van der Waals surface area contributed by atoms with Crippen LogP contribution in [0.5, 0.6) is 0 Å². The van der Waals surface area contributed by atoms with Crippen molar-refractivity contribution >= 4 is 12.5 Å². The van der Waals surface area contributed by atoms with Crippen molar-refractivity contribution in [3.05, 3.63) is 102 Å². The molecule has 2 aliphatic rings. The summed E-state index contributed by atoms with van der Waals surface area (Å²) in [7, 11) is -1.06. The summed E-state index contributed by atoms with van der Waals surface area (Å²) in [5, 5.41) is 0. The molecular weight excluding hydrogens is 393 g/mol. The van der Waals surface area contributed by atoms with E-state index in [0.29, 0.717) is 4.81 Å². The normalized spacial score (nSPS) is 24.1. The minimum atomic E-state index is -2.93. The van der Waals surface area contributed by atoms with Gasteiger partial charge in [0.2, 0.25) is 0 Å². The number of quaternary nitrogens is 1. The van der Waals surface area contributed by atoms with Crippen molar-refractivity contribution in [3.8, 4) is 0 Å². The molecule has 2 aliphatic heterocycles. The molecule has 0 aromatic heterocycles. The molecule has 0 spiro atoms. The van der Waals surface area contributed by atoms with E-state index in [1.807, 2.05) is 60.7 Å².